The summed E-state index contributed by atoms with van der Waals surface area (Å²) in [4.78, 5) is 0. The summed E-state index contributed by atoms with van der Waals surface area (Å²) in [5.41, 5.74) is 0. The molecule has 14 heavy (non-hydrogen) atoms. The highest BCUT2D eigenvalue weighted by atomic mass is 16.5. The van der Waals surface area contributed by atoms with Crippen LogP contribution in [0.2, 0.25) is 0 Å². The molecule has 0 heterocycles. The van der Waals surface area contributed by atoms with E-state index in [-0.39, 0.29) is 0 Å². The van der Waals surface area contributed by atoms with Crippen LogP contribution in [0, 0.1) is 11.8 Å². The highest BCUT2D eigenvalue weighted by molar-refractivity contribution is 5.20. The molecule has 0 spiro atoms. The number of rotatable bonds is 5. The van der Waals surface area contributed by atoms with Crippen molar-refractivity contribution in [3.05, 3.63) is 30.3 Å². The first-order valence-electron chi connectivity index (χ1n) is 5.36. The van der Waals surface area contributed by atoms with Gasteiger partial charge in [0, 0.05) is 0 Å². The van der Waals surface area contributed by atoms with Gasteiger partial charge in [0.15, 0.2) is 0 Å². The lowest BCUT2D eigenvalue weighted by molar-refractivity contribution is 0.239. The fourth-order valence-electron chi connectivity index (χ4n) is 1.63. The van der Waals surface area contributed by atoms with Crippen LogP contribution in [0.4, 0.5) is 0 Å². The third-order valence-corrected chi connectivity index (χ3v) is 2.15. The van der Waals surface area contributed by atoms with Gasteiger partial charge in [0.2, 0.25) is 0 Å². The summed E-state index contributed by atoms with van der Waals surface area (Å²) in [7, 11) is 0. The van der Waals surface area contributed by atoms with E-state index < -0.39 is 0 Å². The summed E-state index contributed by atoms with van der Waals surface area (Å²) in [6, 6.07) is 10.0. The van der Waals surface area contributed by atoms with E-state index in [1.807, 2.05) is 30.3 Å². The van der Waals surface area contributed by atoms with Crippen molar-refractivity contribution in [1.29, 1.82) is 0 Å². The van der Waals surface area contributed by atoms with Gasteiger partial charge < -0.3 is 4.74 Å². The van der Waals surface area contributed by atoms with Crippen LogP contribution in [0.1, 0.15) is 27.2 Å². The van der Waals surface area contributed by atoms with Crippen LogP contribution in [-0.4, -0.2) is 6.61 Å². The molecule has 1 atom stereocenters. The van der Waals surface area contributed by atoms with Gasteiger partial charge in [-0.2, -0.15) is 0 Å². The van der Waals surface area contributed by atoms with Gasteiger partial charge in [-0.1, -0.05) is 39.0 Å². The lowest BCUT2D eigenvalue weighted by Crippen LogP contribution is -2.10. The summed E-state index contributed by atoms with van der Waals surface area (Å²) in [5, 5.41) is 0. The Hall–Kier alpha value is -0.980. The molecule has 1 nitrogen and oxygen atoms in total. The topological polar surface area (TPSA) is 9.23 Å². The minimum Gasteiger partial charge on any atom is -0.493 e. The molecule has 0 radical (unpaired) electrons. The second kappa shape index (κ2) is 5.69. The number of benzene rings is 1. The zero-order chi connectivity index (χ0) is 10.4. The first-order valence-corrected chi connectivity index (χ1v) is 5.36. The molecule has 1 rings (SSSR count). The molecule has 0 aliphatic carbocycles. The van der Waals surface area contributed by atoms with Crippen LogP contribution < -0.4 is 4.74 Å². The number of hydrogen-bond acceptors (Lipinski definition) is 1. The van der Waals surface area contributed by atoms with Crippen molar-refractivity contribution in [3.63, 3.8) is 0 Å². The molecular formula is C13H20O. The minimum atomic E-state index is 0.634. The molecule has 0 aromatic heterocycles. The molecule has 1 aromatic carbocycles. The van der Waals surface area contributed by atoms with Crippen molar-refractivity contribution in [2.45, 2.75) is 27.2 Å². The lowest BCUT2D eigenvalue weighted by Gasteiger charge is -2.14. The van der Waals surface area contributed by atoms with E-state index in [9.17, 15) is 0 Å². The fourth-order valence-corrected chi connectivity index (χ4v) is 1.63. The highest BCUT2D eigenvalue weighted by Crippen LogP contribution is 2.14. The monoisotopic (exact) mass is 192 g/mol. The van der Waals surface area contributed by atoms with Crippen LogP contribution >= 0.6 is 0 Å². The fraction of sp³-hybridized carbons (Fsp3) is 0.538. The summed E-state index contributed by atoms with van der Waals surface area (Å²) < 4.78 is 5.67. The van der Waals surface area contributed by atoms with Gasteiger partial charge in [-0.25, -0.2) is 0 Å². The van der Waals surface area contributed by atoms with Gasteiger partial charge in [0.1, 0.15) is 5.75 Å². The third kappa shape index (κ3) is 4.31. The molecule has 1 heteroatoms. The SMILES string of the molecule is CC(C)CC(C)COc1ccccc1. The standard InChI is InChI=1S/C13H20O/c1-11(2)9-12(3)10-14-13-7-5-4-6-8-13/h4-8,11-12H,9-10H2,1-3H3. The van der Waals surface area contributed by atoms with Crippen LogP contribution in [0.25, 0.3) is 0 Å². The zero-order valence-corrected chi connectivity index (χ0v) is 9.36. The van der Waals surface area contributed by atoms with Crippen LogP contribution in [0.15, 0.2) is 30.3 Å². The van der Waals surface area contributed by atoms with E-state index in [0.29, 0.717) is 5.92 Å². The molecule has 0 N–H and O–H groups in total. The largest absolute Gasteiger partial charge is 0.493 e. The summed E-state index contributed by atoms with van der Waals surface area (Å²) in [5.74, 6) is 2.36. The molecule has 0 saturated heterocycles. The molecular weight excluding hydrogens is 172 g/mol. The predicted molar refractivity (Wildman–Crippen MR) is 60.6 cm³/mol. The summed E-state index contributed by atoms with van der Waals surface area (Å²) in [6.07, 6.45) is 1.23. The van der Waals surface area contributed by atoms with Crippen LogP contribution in [0.3, 0.4) is 0 Å². The molecule has 0 aliphatic rings. The Bertz CT molecular complexity index is 241. The third-order valence-electron chi connectivity index (χ3n) is 2.15. The second-order valence-corrected chi connectivity index (χ2v) is 4.36. The smallest absolute Gasteiger partial charge is 0.119 e. The first kappa shape index (κ1) is 11.1. The van der Waals surface area contributed by atoms with Gasteiger partial charge in [-0.3, -0.25) is 0 Å². The maximum atomic E-state index is 5.67. The van der Waals surface area contributed by atoms with Gasteiger partial charge in [0.25, 0.3) is 0 Å². The van der Waals surface area contributed by atoms with Crippen molar-refractivity contribution in [2.24, 2.45) is 11.8 Å². The average Bonchev–Trinajstić information content (AvgIpc) is 2.15. The Morgan fingerprint density at radius 1 is 1.07 bits per heavy atom. The lowest BCUT2D eigenvalue weighted by atomic mass is 10.00. The van der Waals surface area contributed by atoms with Crippen molar-refractivity contribution < 1.29 is 4.74 Å². The van der Waals surface area contributed by atoms with Crippen molar-refractivity contribution in [3.8, 4) is 5.75 Å². The van der Waals surface area contributed by atoms with E-state index in [0.717, 1.165) is 18.3 Å². The summed E-state index contributed by atoms with van der Waals surface area (Å²) >= 11 is 0. The van der Waals surface area contributed by atoms with E-state index in [1.54, 1.807) is 0 Å². The van der Waals surface area contributed by atoms with Gasteiger partial charge >= 0.3 is 0 Å². The van der Waals surface area contributed by atoms with Crippen LogP contribution in [-0.2, 0) is 0 Å². The van der Waals surface area contributed by atoms with Crippen molar-refractivity contribution >= 4 is 0 Å². The number of hydrogen-bond donors (Lipinski definition) is 0. The molecule has 1 aromatic rings. The molecule has 0 saturated carbocycles. The number of ether oxygens (including phenoxy) is 1. The Kier molecular flexibility index (Phi) is 4.51. The van der Waals surface area contributed by atoms with Gasteiger partial charge in [-0.15, -0.1) is 0 Å². The van der Waals surface area contributed by atoms with Crippen molar-refractivity contribution in [2.75, 3.05) is 6.61 Å². The normalized spacial score (nSPS) is 12.9. The Morgan fingerprint density at radius 2 is 1.71 bits per heavy atom. The van der Waals surface area contributed by atoms with E-state index in [4.69, 9.17) is 4.74 Å². The zero-order valence-electron chi connectivity index (χ0n) is 9.36. The Balaban J connectivity index is 2.27. The maximum Gasteiger partial charge on any atom is 0.119 e. The first-order chi connectivity index (χ1) is 6.68. The molecule has 0 amide bonds. The maximum absolute atomic E-state index is 5.67. The van der Waals surface area contributed by atoms with Gasteiger partial charge in [-0.05, 0) is 30.4 Å². The van der Waals surface area contributed by atoms with Gasteiger partial charge in [0.05, 0.1) is 6.61 Å². The van der Waals surface area contributed by atoms with E-state index >= 15 is 0 Å². The van der Waals surface area contributed by atoms with E-state index in [2.05, 4.69) is 20.8 Å². The van der Waals surface area contributed by atoms with E-state index in [1.165, 1.54) is 6.42 Å². The molecule has 0 fully saturated rings. The Morgan fingerprint density at radius 3 is 2.29 bits per heavy atom. The molecule has 0 bridgehead atoms. The van der Waals surface area contributed by atoms with Crippen molar-refractivity contribution in [1.82, 2.24) is 0 Å². The quantitative estimate of drug-likeness (QED) is 0.690. The average molecular weight is 192 g/mol. The minimum absolute atomic E-state index is 0.634. The molecule has 78 valence electrons. The second-order valence-electron chi connectivity index (χ2n) is 4.36. The van der Waals surface area contributed by atoms with Crippen LogP contribution in [0.5, 0.6) is 5.75 Å². The molecule has 0 aliphatic heterocycles. The number of para-hydroxylation sites is 1. The summed E-state index contributed by atoms with van der Waals surface area (Å²) in [6.45, 7) is 7.56. The highest BCUT2D eigenvalue weighted by Gasteiger charge is 2.05. The Labute approximate surface area is 87.1 Å². The predicted octanol–water partition coefficient (Wildman–Crippen LogP) is 3.75. The molecule has 1 unspecified atom stereocenters.